The first kappa shape index (κ1) is 8.31. The third kappa shape index (κ3) is 2.05. The van der Waals surface area contributed by atoms with Crippen molar-refractivity contribution in [2.24, 2.45) is 0 Å². The van der Waals surface area contributed by atoms with E-state index in [1.54, 1.807) is 0 Å². The average molecular weight is 320 g/mol. The van der Waals surface area contributed by atoms with Gasteiger partial charge in [0.05, 0.1) is 0 Å². The van der Waals surface area contributed by atoms with Crippen molar-refractivity contribution in [2.75, 3.05) is 0 Å². The fourth-order valence-corrected chi connectivity index (χ4v) is 0.606. The molecule has 0 radical (unpaired) electrons. The van der Waals surface area contributed by atoms with Gasteiger partial charge in [0.1, 0.15) is 0 Å². The zero-order valence-electron chi connectivity index (χ0n) is 3.38. The Morgan fingerprint density at radius 2 is 2.12 bits per heavy atom. The van der Waals surface area contributed by atoms with Gasteiger partial charge in [-0.2, -0.15) is 0 Å². The average Bonchev–Trinajstić information content (AvgIpc) is 1.67. The van der Waals surface area contributed by atoms with Crippen molar-refractivity contribution in [3.05, 3.63) is 0 Å². The van der Waals surface area contributed by atoms with Gasteiger partial charge in [-0.1, -0.05) is 0 Å². The number of carbonyl (C=O) groups is 1. The number of rotatable bonds is 2. The van der Waals surface area contributed by atoms with E-state index in [-0.39, 0.29) is 0 Å². The molecule has 0 fully saturated rings. The van der Waals surface area contributed by atoms with E-state index >= 15 is 0 Å². The van der Waals surface area contributed by atoms with Gasteiger partial charge in [-0.25, -0.2) is 0 Å². The minimum absolute atomic E-state index is 1.04. The molecular weight excluding hydrogens is 318 g/mol. The van der Waals surface area contributed by atoms with Crippen molar-refractivity contribution in [2.45, 2.75) is 0 Å². The number of carboxylic acid groups (broad SMARTS) is 1. The van der Waals surface area contributed by atoms with Crippen molar-refractivity contribution in [1.29, 1.82) is 0 Å². The van der Waals surface area contributed by atoms with Gasteiger partial charge >= 0.3 is 56.0 Å². The normalized spacial score (nSPS) is 17.4. The maximum absolute atomic E-state index is 10.0. The van der Waals surface area contributed by atoms with E-state index in [0.717, 1.165) is 20.2 Å². The molecule has 8 heavy (non-hydrogen) atoms. The molecule has 7 heteroatoms. The van der Waals surface area contributed by atoms with Gasteiger partial charge in [-0.05, 0) is 0 Å². The first-order valence-corrected chi connectivity index (χ1v) is 3.85. The van der Waals surface area contributed by atoms with Crippen LogP contribution >= 0.6 is 7.60 Å². The molecule has 1 unspecified atom stereocenters. The van der Waals surface area contributed by atoms with Crippen LogP contribution in [0.3, 0.4) is 0 Å². The minimum atomic E-state index is -4.34. The van der Waals surface area contributed by atoms with E-state index in [1.165, 1.54) is 0 Å². The molecule has 0 saturated heterocycles. The molecule has 0 aromatic rings. The first-order valence-electron chi connectivity index (χ1n) is 1.35. The molecule has 0 heterocycles. The van der Waals surface area contributed by atoms with Crippen molar-refractivity contribution in [3.8, 4) is 0 Å². The van der Waals surface area contributed by atoms with Crippen LogP contribution in [0, 0.1) is 0 Å². The Morgan fingerprint density at radius 1 is 1.75 bits per heavy atom. The summed E-state index contributed by atoms with van der Waals surface area (Å²) in [5.41, 5.74) is -1.84. The van der Waals surface area contributed by atoms with E-state index in [4.69, 9.17) is 10.00 Å². The molecule has 0 aliphatic heterocycles. The molecule has 1 atom stereocenters. The topological polar surface area (TPSA) is 83.8 Å². The Morgan fingerprint density at radius 3 is 2.12 bits per heavy atom. The summed E-state index contributed by atoms with van der Waals surface area (Å²) in [6.07, 6.45) is 0. The van der Waals surface area contributed by atoms with Gasteiger partial charge in [-0.3, -0.25) is 0 Å². The number of hydrogen-bond donors (Lipinski definition) is 2. The second-order valence-electron chi connectivity index (χ2n) is 0.861. The molecule has 0 spiro atoms. The zero-order chi connectivity index (χ0) is 6.78. The van der Waals surface area contributed by atoms with E-state index in [2.05, 4.69) is 3.18 Å². The summed E-state index contributed by atoms with van der Waals surface area (Å²) in [6, 6.07) is 0. The standard InChI is InChI=1S/CH3O5P.Pt/c2-1(3)7(4,5)6;/h(H,2,3)(H2,4,5,6);/q;+1/p-1. The summed E-state index contributed by atoms with van der Waals surface area (Å²) in [6.45, 7) is 0. The fraction of sp³-hybridized carbons (Fsp3) is 0. The van der Waals surface area contributed by atoms with Crippen molar-refractivity contribution in [1.82, 2.24) is 0 Å². The Labute approximate surface area is 56.5 Å². The van der Waals surface area contributed by atoms with Crippen molar-refractivity contribution in [3.63, 3.8) is 0 Å². The van der Waals surface area contributed by atoms with Crippen molar-refractivity contribution < 1.29 is 42.7 Å². The Bertz CT molecular complexity index is 141. The van der Waals surface area contributed by atoms with Crippen LogP contribution < -0.4 is 0 Å². The van der Waals surface area contributed by atoms with Crippen molar-refractivity contribution >= 4 is 13.3 Å². The summed E-state index contributed by atoms with van der Waals surface area (Å²) in [4.78, 5) is 17.7. The number of hydrogen-bond acceptors (Lipinski definition) is 3. The van der Waals surface area contributed by atoms with Crippen LogP contribution in [0.15, 0.2) is 0 Å². The fourth-order valence-electron chi connectivity index (χ4n) is 0.0247. The van der Waals surface area contributed by atoms with Crippen LogP contribution in [0.2, 0.25) is 0 Å². The molecule has 5 nitrogen and oxygen atoms in total. The molecular formula is CH2O5PPt. The summed E-state index contributed by atoms with van der Waals surface area (Å²) in [5.74, 6) is 0. The predicted octanol–water partition coefficient (Wildman–Crippen LogP) is 0.328. The van der Waals surface area contributed by atoms with Crippen LogP contribution in [0.5, 0.6) is 0 Å². The van der Waals surface area contributed by atoms with E-state index in [1.807, 2.05) is 0 Å². The molecule has 0 saturated carbocycles. The summed E-state index contributed by atoms with van der Waals surface area (Å²) in [7, 11) is -4.34. The van der Waals surface area contributed by atoms with Gasteiger partial charge in [0.15, 0.2) is 0 Å². The molecule has 0 aliphatic rings. The van der Waals surface area contributed by atoms with E-state index in [9.17, 15) is 9.36 Å². The van der Waals surface area contributed by atoms with Gasteiger partial charge in [-0.15, -0.1) is 0 Å². The van der Waals surface area contributed by atoms with Gasteiger partial charge in [0.2, 0.25) is 0 Å². The molecule has 0 bridgehead atoms. The Kier molecular flexibility index (Phi) is 2.84. The van der Waals surface area contributed by atoms with Crippen LogP contribution in [0.25, 0.3) is 0 Å². The van der Waals surface area contributed by atoms with Gasteiger partial charge in [0, 0.05) is 0 Å². The maximum atomic E-state index is 10.0. The van der Waals surface area contributed by atoms with Crippen LogP contribution in [-0.2, 0) is 27.9 Å². The molecule has 0 aromatic carbocycles. The second-order valence-corrected chi connectivity index (χ2v) is 3.64. The molecule has 0 aromatic heterocycles. The van der Waals surface area contributed by atoms with Gasteiger partial charge in [0.25, 0.3) is 0 Å². The molecule has 0 amide bonds. The zero-order valence-corrected chi connectivity index (χ0v) is 6.55. The van der Waals surface area contributed by atoms with Crippen LogP contribution in [-0.4, -0.2) is 15.7 Å². The Balaban J connectivity index is 4.15. The molecule has 2 N–H and O–H groups in total. The Hall–Kier alpha value is 0.308. The SMILES string of the molecule is O=C(O)P(=O)(O)[O][Pt]. The summed E-state index contributed by atoms with van der Waals surface area (Å²) >= 11 is 1.04. The predicted molar refractivity (Wildman–Crippen MR) is 18.9 cm³/mol. The third-order valence-electron chi connectivity index (χ3n) is 0.320. The first-order chi connectivity index (χ1) is 3.50. The monoisotopic (exact) mass is 320 g/mol. The quantitative estimate of drug-likeness (QED) is 0.717. The molecule has 51 valence electrons. The molecule has 0 aliphatic carbocycles. The van der Waals surface area contributed by atoms with Crippen LogP contribution in [0.4, 0.5) is 4.79 Å². The van der Waals surface area contributed by atoms with E-state index in [0.29, 0.717) is 0 Å². The summed E-state index contributed by atoms with van der Waals surface area (Å²) in [5, 5.41) is 7.80. The molecule has 0 rings (SSSR count). The second kappa shape index (κ2) is 2.74. The summed E-state index contributed by atoms with van der Waals surface area (Å²) < 4.78 is 13.7. The van der Waals surface area contributed by atoms with Gasteiger partial charge < -0.3 is 0 Å². The third-order valence-corrected chi connectivity index (χ3v) is 2.65. The van der Waals surface area contributed by atoms with Crippen LogP contribution in [0.1, 0.15) is 0 Å². The van der Waals surface area contributed by atoms with E-state index < -0.39 is 13.3 Å².